The van der Waals surface area contributed by atoms with Crippen LogP contribution in [0, 0.1) is 25.7 Å². The quantitative estimate of drug-likeness (QED) is 0.0459. The number of rotatable bonds is 18. The van der Waals surface area contributed by atoms with Crippen molar-refractivity contribution in [2.24, 2.45) is 11.8 Å². The van der Waals surface area contributed by atoms with Crippen LogP contribution in [0.2, 0.25) is 0 Å². The fourth-order valence-electron chi connectivity index (χ4n) is 11.8. The Morgan fingerprint density at radius 2 is 1.67 bits per heavy atom. The third-order valence-electron chi connectivity index (χ3n) is 17.1. The molecule has 0 radical (unpaired) electrons. The molecule has 2 aliphatic carbocycles. The van der Waals surface area contributed by atoms with E-state index >= 15 is 0 Å². The zero-order valence-corrected chi connectivity index (χ0v) is 48.4. The van der Waals surface area contributed by atoms with Gasteiger partial charge >= 0.3 is 6.09 Å². The lowest BCUT2D eigenvalue weighted by atomic mass is 9.83. The second-order valence-electron chi connectivity index (χ2n) is 23.4. The van der Waals surface area contributed by atoms with Crippen molar-refractivity contribution in [2.45, 2.75) is 165 Å². The van der Waals surface area contributed by atoms with Crippen molar-refractivity contribution in [3.8, 4) is 5.75 Å². The number of aromatic amines is 1. The van der Waals surface area contributed by atoms with Gasteiger partial charge in [0.2, 0.25) is 17.7 Å². The molecule has 2 saturated heterocycles. The smallest absolute Gasteiger partial charge is 0.407 e. The van der Waals surface area contributed by atoms with E-state index < -0.39 is 62.6 Å². The number of nitrogens with zero attached hydrogens (tertiary/aromatic N) is 7. The van der Waals surface area contributed by atoms with Gasteiger partial charge in [0.05, 0.1) is 28.5 Å². The molecule has 5 atom stereocenters. The Bertz CT molecular complexity index is 3220. The zero-order valence-electron chi connectivity index (χ0n) is 47.6. The first-order valence-corrected chi connectivity index (χ1v) is 30.1. The Labute approximate surface area is 474 Å². The molecule has 22 heteroatoms. The molecule has 4 aliphatic rings. The molecule has 2 aliphatic heterocycles. The van der Waals surface area contributed by atoms with E-state index in [2.05, 4.69) is 52.4 Å². The number of likely N-dealkylation sites (tertiary alicyclic amines) is 1. The van der Waals surface area contributed by atoms with Crippen molar-refractivity contribution in [2.75, 3.05) is 43.5 Å². The van der Waals surface area contributed by atoms with Crippen molar-refractivity contribution in [3.05, 3.63) is 89.0 Å². The summed E-state index contributed by atoms with van der Waals surface area (Å²) in [6, 6.07) is 11.0. The number of aryl methyl sites for hydroxylation is 2. The lowest BCUT2D eigenvalue weighted by molar-refractivity contribution is -0.143. The van der Waals surface area contributed by atoms with Gasteiger partial charge in [-0.25, -0.2) is 28.2 Å². The van der Waals surface area contributed by atoms with Crippen LogP contribution in [-0.2, 0) is 30.6 Å². The Morgan fingerprint density at radius 1 is 0.914 bits per heavy atom. The van der Waals surface area contributed by atoms with Gasteiger partial charge in [-0.2, -0.15) is 5.10 Å². The molecule has 5 heterocycles. The van der Waals surface area contributed by atoms with Gasteiger partial charge in [-0.1, -0.05) is 43.5 Å². The molecule has 9 rings (SSSR count). The van der Waals surface area contributed by atoms with E-state index in [1.807, 2.05) is 38.1 Å². The lowest BCUT2D eigenvalue weighted by Gasteiger charge is -2.36. The molecule has 81 heavy (non-hydrogen) atoms. The molecule has 0 bridgehead atoms. The number of H-pyrrole nitrogens is 1. The largest absolute Gasteiger partial charge is 0.492 e. The Kier molecular flexibility index (Phi) is 17.8. The summed E-state index contributed by atoms with van der Waals surface area (Å²) in [4.78, 5) is 87.2. The Balaban J connectivity index is 0.818. The molecule has 6 N–H and O–H groups in total. The topological polar surface area (TPSA) is 274 Å². The number of benzene rings is 2. The van der Waals surface area contributed by atoms with E-state index in [1.54, 1.807) is 45.2 Å². The Hall–Kier alpha value is -7.36. The summed E-state index contributed by atoms with van der Waals surface area (Å²) in [6.45, 7) is 12.2. The van der Waals surface area contributed by atoms with Crippen LogP contribution in [0.4, 0.5) is 22.2 Å². The first-order valence-electron chi connectivity index (χ1n) is 28.6. The highest BCUT2D eigenvalue weighted by atomic mass is 32.2. The summed E-state index contributed by atoms with van der Waals surface area (Å²) in [5.74, 6) is 0.457. The maximum absolute atomic E-state index is 14.9. The van der Waals surface area contributed by atoms with Crippen molar-refractivity contribution >= 4 is 67.9 Å². The van der Waals surface area contributed by atoms with Crippen LogP contribution in [0.25, 0.3) is 10.9 Å². The summed E-state index contributed by atoms with van der Waals surface area (Å²) in [7, 11) is -2.54. The fraction of sp³-hybridized carbons (Fsp3) is 0.542. The number of ether oxygens (including phenoxy) is 1. The summed E-state index contributed by atoms with van der Waals surface area (Å²) < 4.78 is 33.3. The maximum Gasteiger partial charge on any atom is 0.407 e. The number of likely N-dealkylation sites (N-methyl/N-ethyl adjacent to an activating group) is 1. The van der Waals surface area contributed by atoms with Gasteiger partial charge in [-0.05, 0) is 147 Å². The number of amides is 5. The second-order valence-corrected chi connectivity index (χ2v) is 26.1. The highest BCUT2D eigenvalue weighted by molar-refractivity contribution is 7.92. The molecule has 1 unspecified atom stereocenters. The lowest BCUT2D eigenvalue weighted by Crippen LogP contribution is -2.59. The van der Waals surface area contributed by atoms with Crippen molar-refractivity contribution in [1.29, 1.82) is 0 Å². The second kappa shape index (κ2) is 24.8. The van der Waals surface area contributed by atoms with Crippen LogP contribution < -0.4 is 30.9 Å². The molecule has 1 saturated carbocycles. The number of pyridine rings is 1. The van der Waals surface area contributed by atoms with Crippen LogP contribution in [0.5, 0.6) is 5.75 Å². The predicted octanol–water partition coefficient (Wildman–Crippen LogP) is 7.71. The maximum atomic E-state index is 14.9. The van der Waals surface area contributed by atoms with Crippen molar-refractivity contribution in [3.63, 3.8) is 0 Å². The third kappa shape index (κ3) is 13.1. The third-order valence-corrected chi connectivity index (χ3v) is 19.6. The number of carbonyl (C=O) groups is 5. The molecular weight excluding hydrogens is 1050 g/mol. The molecule has 3 fully saturated rings. The number of piperidine rings is 1. The van der Waals surface area contributed by atoms with Gasteiger partial charge < -0.3 is 40.9 Å². The number of nitrogens with one attached hydrogen (secondary N) is 5. The molecule has 2 aromatic carbocycles. The van der Waals surface area contributed by atoms with E-state index in [0.29, 0.717) is 59.9 Å². The predicted molar refractivity (Wildman–Crippen MR) is 307 cm³/mol. The van der Waals surface area contributed by atoms with Gasteiger partial charge in [0.15, 0.2) is 15.7 Å². The summed E-state index contributed by atoms with van der Waals surface area (Å²) in [5, 5.41) is 29.9. The molecule has 5 aromatic rings. The minimum absolute atomic E-state index is 0.0329. The van der Waals surface area contributed by atoms with Gasteiger partial charge in [-0.3, -0.25) is 29.2 Å². The fourth-order valence-corrected chi connectivity index (χ4v) is 13.1. The monoisotopic (exact) mass is 1130 g/mol. The summed E-state index contributed by atoms with van der Waals surface area (Å²) in [6.07, 6.45) is 11.9. The molecule has 21 nitrogen and oxygen atoms in total. The number of carboxylic acid groups (broad SMARTS) is 1. The molecule has 0 spiro atoms. The first kappa shape index (κ1) is 58.3. The number of hydrogen-bond donors (Lipinski definition) is 6. The number of fused-ring (bicyclic) bond motifs is 2. The number of aromatic nitrogens is 5. The van der Waals surface area contributed by atoms with Gasteiger partial charge in [0, 0.05) is 61.6 Å². The van der Waals surface area contributed by atoms with Crippen LogP contribution >= 0.6 is 0 Å². The van der Waals surface area contributed by atoms with Crippen LogP contribution in [-0.4, -0.2) is 140 Å². The van der Waals surface area contributed by atoms with Gasteiger partial charge in [0.25, 0.3) is 5.91 Å². The van der Waals surface area contributed by atoms with Crippen LogP contribution in [0.1, 0.15) is 144 Å². The minimum atomic E-state index is -3.85. The zero-order chi connectivity index (χ0) is 57.8. The minimum Gasteiger partial charge on any atom is -0.492 e. The standard InChI is InChI=1S/C59H78N12O9S/c1-35-36(2)67-68-52(35)66-53-44-30-49(81(78,79)59(4,5)6)48(31-46(44)61-34-62-53)80-28-14-15-38-24-26-70(27-25-38)50-23-22-41(32-60-50)55(73)63-42-29-47(56(74)64-45-21-13-19-39-16-11-12-20-43(39)45)71(33-42)57(75)51(40-17-9-8-10-18-40)65-54(72)37(3)69(7)58(76)77/h11-12,16,20,22-23,30-32,34,37-38,40,42,45,47,51H,8-10,13-15,17-19,21,24-29,33H2,1-7H3,(H,63,73)(H,64,74)(H,65,72)(H,76,77)(H2,61,62,66,67,68)/t37?,42-,45+,47-,51-/m0/s1. The first-order chi connectivity index (χ1) is 38.7. The number of carbonyl (C=O) groups excluding carboxylic acids is 4. The average Bonchev–Trinajstić information content (AvgIpc) is 4.05. The van der Waals surface area contributed by atoms with E-state index in [-0.39, 0.29) is 41.5 Å². The Morgan fingerprint density at radius 3 is 2.36 bits per heavy atom. The molecule has 5 amide bonds. The summed E-state index contributed by atoms with van der Waals surface area (Å²) in [5.41, 5.74) is 4.90. The summed E-state index contributed by atoms with van der Waals surface area (Å²) >= 11 is 0. The van der Waals surface area contributed by atoms with Crippen molar-refractivity contribution < 1.29 is 42.2 Å². The van der Waals surface area contributed by atoms with Gasteiger partial charge in [-0.15, -0.1) is 0 Å². The van der Waals surface area contributed by atoms with E-state index in [4.69, 9.17) is 9.72 Å². The van der Waals surface area contributed by atoms with E-state index in [9.17, 15) is 37.5 Å². The molecule has 434 valence electrons. The molecule has 3 aromatic heterocycles. The van der Waals surface area contributed by atoms with Crippen molar-refractivity contribution in [1.82, 2.24) is 50.9 Å². The molecular formula is C59H78N12O9S. The highest BCUT2D eigenvalue weighted by Crippen LogP contribution is 2.38. The number of sulfone groups is 1. The van der Waals surface area contributed by atoms with Crippen LogP contribution in [0.3, 0.4) is 0 Å². The van der Waals surface area contributed by atoms with E-state index in [0.717, 1.165) is 98.4 Å². The number of anilines is 3. The van der Waals surface area contributed by atoms with Gasteiger partial charge in [0.1, 0.15) is 46.7 Å². The highest BCUT2D eigenvalue weighted by Gasteiger charge is 2.46. The normalized spacial score (nSPS) is 19.8. The SMILES string of the molecule is Cc1[nH]nc(Nc2ncnc3cc(OCCCC4CCN(c5ccc(C(=O)N[C@H]6C[C@@H](C(=O)N[C@@H]7CCCc8ccccc87)N(C(=O)[C@@H](NC(=O)C(C)N(C)C(=O)O)C7CCCCC7)C6)cn5)CC4)c(S(=O)(=O)C(C)(C)C)cc23)c1C. The van der Waals surface area contributed by atoms with Crippen LogP contribution in [0.15, 0.2) is 66.0 Å². The van der Waals surface area contributed by atoms with E-state index in [1.165, 1.54) is 30.8 Å². The average molecular weight is 1130 g/mol. The number of hydrogen-bond acceptors (Lipinski definition) is 14.